The van der Waals surface area contributed by atoms with E-state index in [9.17, 15) is 9.90 Å². The van der Waals surface area contributed by atoms with Gasteiger partial charge in [-0.25, -0.2) is 4.79 Å². The van der Waals surface area contributed by atoms with Gasteiger partial charge in [0.25, 0.3) is 0 Å². The van der Waals surface area contributed by atoms with Gasteiger partial charge in [0, 0.05) is 26.2 Å². The van der Waals surface area contributed by atoms with Gasteiger partial charge in [-0.2, -0.15) is 0 Å². The van der Waals surface area contributed by atoms with Crippen molar-refractivity contribution in [3.8, 4) is 0 Å². The number of fused-ring (bicyclic) bond motifs is 1. The molecule has 1 aliphatic heterocycles. The molecule has 2 aromatic rings. The highest BCUT2D eigenvalue weighted by Crippen LogP contribution is 2.44. The molecule has 1 saturated carbocycles. The Hall–Kier alpha value is -1.59. The summed E-state index contributed by atoms with van der Waals surface area (Å²) >= 11 is 0. The third-order valence-corrected chi connectivity index (χ3v) is 4.55. The molecule has 20 heavy (non-hydrogen) atoms. The van der Waals surface area contributed by atoms with E-state index in [1.807, 2.05) is 24.3 Å². The molecule has 0 bridgehead atoms. The van der Waals surface area contributed by atoms with Crippen LogP contribution in [0.2, 0.25) is 0 Å². The second kappa shape index (κ2) is 4.20. The molecule has 5 heteroatoms. The van der Waals surface area contributed by atoms with Crippen molar-refractivity contribution < 1.29 is 9.52 Å². The first-order valence-corrected chi connectivity index (χ1v) is 7.19. The Morgan fingerprint density at radius 2 is 2.00 bits per heavy atom. The molecule has 0 radical (unpaired) electrons. The zero-order valence-electron chi connectivity index (χ0n) is 11.3. The lowest BCUT2D eigenvalue weighted by Crippen LogP contribution is -2.63. The van der Waals surface area contributed by atoms with E-state index in [0.29, 0.717) is 18.0 Å². The highest BCUT2D eigenvalue weighted by Gasteiger charge is 2.51. The van der Waals surface area contributed by atoms with E-state index < -0.39 is 5.60 Å². The van der Waals surface area contributed by atoms with Crippen LogP contribution < -0.4 is 5.76 Å². The fourth-order valence-electron chi connectivity index (χ4n) is 3.23. The van der Waals surface area contributed by atoms with E-state index in [1.165, 1.54) is 0 Å². The average molecular weight is 274 g/mol. The summed E-state index contributed by atoms with van der Waals surface area (Å²) in [5, 5.41) is 10.3. The van der Waals surface area contributed by atoms with Crippen molar-refractivity contribution in [3.05, 3.63) is 34.8 Å². The maximum Gasteiger partial charge on any atom is 0.419 e. The molecule has 0 amide bonds. The molecule has 1 aromatic heterocycles. The van der Waals surface area contributed by atoms with E-state index in [2.05, 4.69) is 4.90 Å². The molecule has 5 nitrogen and oxygen atoms in total. The van der Waals surface area contributed by atoms with E-state index in [-0.39, 0.29) is 5.76 Å². The van der Waals surface area contributed by atoms with Crippen LogP contribution in [0.3, 0.4) is 0 Å². The second-order valence-corrected chi connectivity index (χ2v) is 6.08. The maximum absolute atomic E-state index is 11.8. The van der Waals surface area contributed by atoms with Gasteiger partial charge in [-0.15, -0.1) is 0 Å². The molecule has 0 unspecified atom stereocenters. The SMILES string of the molecule is O=c1oc2ccccc2n1CCN1CC(O)(C2CC2)C1. The first-order chi connectivity index (χ1) is 9.66. The van der Waals surface area contributed by atoms with Crippen molar-refractivity contribution in [2.45, 2.75) is 25.0 Å². The third-order valence-electron chi connectivity index (χ3n) is 4.55. The summed E-state index contributed by atoms with van der Waals surface area (Å²) in [7, 11) is 0. The largest absolute Gasteiger partial charge is 0.419 e. The highest BCUT2D eigenvalue weighted by atomic mass is 16.4. The Kier molecular flexibility index (Phi) is 2.56. The molecule has 1 N–H and O–H groups in total. The normalized spacial score (nSPS) is 22.1. The molecule has 0 atom stereocenters. The predicted molar refractivity (Wildman–Crippen MR) is 74.6 cm³/mol. The number of likely N-dealkylation sites (tertiary alicyclic amines) is 1. The summed E-state index contributed by atoms with van der Waals surface area (Å²) in [6.45, 7) is 2.86. The lowest BCUT2D eigenvalue weighted by molar-refractivity contribution is -0.113. The fourth-order valence-corrected chi connectivity index (χ4v) is 3.23. The quantitative estimate of drug-likeness (QED) is 0.905. The molecule has 4 rings (SSSR count). The van der Waals surface area contributed by atoms with Gasteiger partial charge >= 0.3 is 5.76 Å². The van der Waals surface area contributed by atoms with Crippen LogP contribution in [0.15, 0.2) is 33.5 Å². The summed E-state index contributed by atoms with van der Waals surface area (Å²) in [6.07, 6.45) is 2.33. The second-order valence-electron chi connectivity index (χ2n) is 6.08. The standard InChI is InChI=1S/C15H18N2O3/c18-14-17(12-3-1-2-4-13(12)20-14)8-7-16-9-15(19,10-16)11-5-6-11/h1-4,11,19H,5-10H2. The van der Waals surface area contributed by atoms with Gasteiger partial charge in [0.2, 0.25) is 0 Å². The molecule has 2 aliphatic rings. The molecule has 1 aliphatic carbocycles. The number of aliphatic hydroxyl groups is 1. The summed E-state index contributed by atoms with van der Waals surface area (Å²) in [4.78, 5) is 14.0. The minimum absolute atomic E-state index is 0.302. The number of hydrogen-bond acceptors (Lipinski definition) is 4. The Morgan fingerprint density at radius 1 is 1.25 bits per heavy atom. The molecular weight excluding hydrogens is 256 g/mol. The van der Waals surface area contributed by atoms with Gasteiger partial charge in [-0.05, 0) is 30.9 Å². The molecular formula is C15H18N2O3. The molecule has 1 aromatic carbocycles. The van der Waals surface area contributed by atoms with Crippen LogP contribution in [0, 0.1) is 5.92 Å². The lowest BCUT2D eigenvalue weighted by Gasteiger charge is -2.47. The smallest absolute Gasteiger partial charge is 0.408 e. The van der Waals surface area contributed by atoms with Crippen molar-refractivity contribution in [2.75, 3.05) is 19.6 Å². The Balaban J connectivity index is 1.44. The average Bonchev–Trinajstić information content (AvgIpc) is 3.19. The van der Waals surface area contributed by atoms with Crippen LogP contribution in [-0.4, -0.2) is 39.8 Å². The van der Waals surface area contributed by atoms with E-state index in [0.717, 1.165) is 38.0 Å². The summed E-state index contributed by atoms with van der Waals surface area (Å²) in [6, 6.07) is 7.48. The zero-order valence-corrected chi connectivity index (χ0v) is 11.3. The minimum atomic E-state index is -0.455. The number of rotatable bonds is 4. The molecule has 2 fully saturated rings. The lowest BCUT2D eigenvalue weighted by atomic mass is 9.89. The Labute approximate surface area is 116 Å². The van der Waals surface area contributed by atoms with Gasteiger partial charge in [-0.1, -0.05) is 12.1 Å². The number of hydrogen-bond donors (Lipinski definition) is 1. The van der Waals surface area contributed by atoms with Gasteiger partial charge in [0.05, 0.1) is 11.1 Å². The Bertz CT molecular complexity index is 692. The van der Waals surface area contributed by atoms with Crippen LogP contribution >= 0.6 is 0 Å². The summed E-state index contributed by atoms with van der Waals surface area (Å²) in [5.41, 5.74) is 1.02. The molecule has 2 heterocycles. The number of benzene rings is 1. The maximum atomic E-state index is 11.8. The van der Waals surface area contributed by atoms with Crippen LogP contribution in [0.25, 0.3) is 11.1 Å². The van der Waals surface area contributed by atoms with Gasteiger partial charge in [0.1, 0.15) is 0 Å². The monoisotopic (exact) mass is 274 g/mol. The minimum Gasteiger partial charge on any atom is -0.408 e. The zero-order chi connectivity index (χ0) is 13.7. The van der Waals surface area contributed by atoms with Crippen molar-refractivity contribution in [2.24, 2.45) is 5.92 Å². The number of nitrogens with zero attached hydrogens (tertiary/aromatic N) is 2. The van der Waals surface area contributed by atoms with Gasteiger partial charge in [-0.3, -0.25) is 9.47 Å². The number of oxazole rings is 1. The van der Waals surface area contributed by atoms with Gasteiger partial charge < -0.3 is 9.52 Å². The Morgan fingerprint density at radius 3 is 2.75 bits per heavy atom. The van der Waals surface area contributed by atoms with Crippen molar-refractivity contribution in [1.82, 2.24) is 9.47 Å². The summed E-state index contributed by atoms with van der Waals surface area (Å²) < 4.78 is 6.88. The number of aromatic nitrogens is 1. The van der Waals surface area contributed by atoms with Crippen LogP contribution in [0.4, 0.5) is 0 Å². The molecule has 0 spiro atoms. The first kappa shape index (κ1) is 12.2. The summed E-state index contributed by atoms with van der Waals surface area (Å²) in [5.74, 6) is 0.209. The van der Waals surface area contributed by atoms with Gasteiger partial charge in [0.15, 0.2) is 5.58 Å². The van der Waals surface area contributed by atoms with Crippen LogP contribution in [0.5, 0.6) is 0 Å². The van der Waals surface area contributed by atoms with Crippen LogP contribution in [-0.2, 0) is 6.54 Å². The molecule has 106 valence electrons. The van der Waals surface area contributed by atoms with Crippen molar-refractivity contribution in [1.29, 1.82) is 0 Å². The highest BCUT2D eigenvalue weighted by molar-refractivity contribution is 5.72. The predicted octanol–water partition coefficient (Wildman–Crippen LogP) is 1.05. The van der Waals surface area contributed by atoms with Crippen molar-refractivity contribution >= 4 is 11.1 Å². The van der Waals surface area contributed by atoms with Crippen molar-refractivity contribution in [3.63, 3.8) is 0 Å². The number of β-amino-alcohol motifs (C(OH)–C–C–N with tert-alkyl or cyclic N) is 1. The van der Waals surface area contributed by atoms with E-state index >= 15 is 0 Å². The van der Waals surface area contributed by atoms with E-state index in [4.69, 9.17) is 4.42 Å². The fraction of sp³-hybridized carbons (Fsp3) is 0.533. The third kappa shape index (κ3) is 1.89. The van der Waals surface area contributed by atoms with Crippen LogP contribution in [0.1, 0.15) is 12.8 Å². The topological polar surface area (TPSA) is 58.6 Å². The molecule has 1 saturated heterocycles. The van der Waals surface area contributed by atoms with E-state index in [1.54, 1.807) is 4.57 Å². The first-order valence-electron chi connectivity index (χ1n) is 7.19. The number of para-hydroxylation sites is 2.